The predicted octanol–water partition coefficient (Wildman–Crippen LogP) is 1.53. The number of amides is 1. The lowest BCUT2D eigenvalue weighted by atomic mass is 10.2. The van der Waals surface area contributed by atoms with Crippen LogP contribution in [0, 0.1) is 0 Å². The van der Waals surface area contributed by atoms with Crippen LogP contribution in [0.3, 0.4) is 0 Å². The fraction of sp³-hybridized carbons (Fsp3) is 0.923. The van der Waals surface area contributed by atoms with Crippen molar-refractivity contribution in [3.63, 3.8) is 0 Å². The number of hydrogen-bond acceptors (Lipinski definition) is 3. The van der Waals surface area contributed by atoms with E-state index in [1.54, 1.807) is 0 Å². The number of hydrogen-bond donors (Lipinski definition) is 1. The van der Waals surface area contributed by atoms with Crippen LogP contribution in [-0.4, -0.2) is 43.2 Å². The summed E-state index contributed by atoms with van der Waals surface area (Å²) in [7, 11) is 0. The topological polar surface area (TPSA) is 55.6 Å². The third-order valence-electron chi connectivity index (χ3n) is 3.34. The average molecular weight is 242 g/mol. The van der Waals surface area contributed by atoms with Gasteiger partial charge in [-0.15, -0.1) is 0 Å². The van der Waals surface area contributed by atoms with E-state index in [9.17, 15) is 4.79 Å². The van der Waals surface area contributed by atoms with Crippen LogP contribution in [0.15, 0.2) is 0 Å². The summed E-state index contributed by atoms with van der Waals surface area (Å²) in [6.45, 7) is 4.65. The second-order valence-corrected chi connectivity index (χ2v) is 4.61. The molecule has 0 aromatic heterocycles. The quantitative estimate of drug-likeness (QED) is 0.657. The monoisotopic (exact) mass is 242 g/mol. The molecule has 0 saturated heterocycles. The van der Waals surface area contributed by atoms with E-state index in [1.165, 1.54) is 12.8 Å². The van der Waals surface area contributed by atoms with Crippen LogP contribution < -0.4 is 5.73 Å². The molecule has 1 rings (SSSR count). The van der Waals surface area contributed by atoms with Crippen LogP contribution in [0.25, 0.3) is 0 Å². The second-order valence-electron chi connectivity index (χ2n) is 4.61. The molecule has 0 spiro atoms. The standard InChI is InChI=1S/C13H26N2O2/c1-2-17-11-5-8-13(16)15(10-9-14)12-6-3-4-7-12/h12H,2-11,14H2,1H3. The van der Waals surface area contributed by atoms with Gasteiger partial charge in [-0.1, -0.05) is 12.8 Å². The molecule has 0 bridgehead atoms. The van der Waals surface area contributed by atoms with E-state index in [1.807, 2.05) is 11.8 Å². The Kier molecular flexibility index (Phi) is 7.21. The number of carbonyl (C=O) groups is 1. The Labute approximate surface area is 104 Å². The Hall–Kier alpha value is -0.610. The number of carbonyl (C=O) groups excluding carboxylic acids is 1. The Morgan fingerprint density at radius 2 is 2.12 bits per heavy atom. The van der Waals surface area contributed by atoms with E-state index >= 15 is 0 Å². The van der Waals surface area contributed by atoms with Crippen LogP contribution in [0.2, 0.25) is 0 Å². The molecule has 1 saturated carbocycles. The summed E-state index contributed by atoms with van der Waals surface area (Å²) in [6, 6.07) is 0.443. The molecule has 17 heavy (non-hydrogen) atoms. The van der Waals surface area contributed by atoms with Crippen LogP contribution in [0.1, 0.15) is 45.4 Å². The van der Waals surface area contributed by atoms with Crippen LogP contribution in [0.4, 0.5) is 0 Å². The largest absolute Gasteiger partial charge is 0.382 e. The molecule has 0 radical (unpaired) electrons. The Bertz CT molecular complexity index is 215. The maximum atomic E-state index is 12.1. The van der Waals surface area contributed by atoms with Crippen LogP contribution >= 0.6 is 0 Å². The van der Waals surface area contributed by atoms with Gasteiger partial charge in [-0.05, 0) is 26.2 Å². The molecule has 1 aliphatic rings. The Balaban J connectivity index is 2.32. The summed E-state index contributed by atoms with van der Waals surface area (Å²) in [4.78, 5) is 14.1. The number of nitrogens with two attached hydrogens (primary N) is 1. The molecule has 1 fully saturated rings. The summed E-state index contributed by atoms with van der Waals surface area (Å²) in [5.41, 5.74) is 5.59. The highest BCUT2D eigenvalue weighted by atomic mass is 16.5. The van der Waals surface area contributed by atoms with Gasteiger partial charge in [0.15, 0.2) is 0 Å². The fourth-order valence-corrected chi connectivity index (χ4v) is 2.48. The first-order chi connectivity index (χ1) is 8.29. The van der Waals surface area contributed by atoms with E-state index in [2.05, 4.69) is 0 Å². The minimum Gasteiger partial charge on any atom is -0.382 e. The van der Waals surface area contributed by atoms with E-state index in [4.69, 9.17) is 10.5 Å². The van der Waals surface area contributed by atoms with Crippen LogP contribution in [-0.2, 0) is 9.53 Å². The zero-order valence-corrected chi connectivity index (χ0v) is 11.0. The van der Waals surface area contributed by atoms with Gasteiger partial charge in [-0.3, -0.25) is 4.79 Å². The summed E-state index contributed by atoms with van der Waals surface area (Å²) < 4.78 is 5.25. The van der Waals surface area contributed by atoms with Gasteiger partial charge in [0.25, 0.3) is 0 Å². The van der Waals surface area contributed by atoms with E-state index in [-0.39, 0.29) is 5.91 Å². The first kappa shape index (κ1) is 14.5. The van der Waals surface area contributed by atoms with Crippen LogP contribution in [0.5, 0.6) is 0 Å². The van der Waals surface area contributed by atoms with Crippen molar-refractivity contribution in [2.24, 2.45) is 5.73 Å². The second kappa shape index (κ2) is 8.48. The first-order valence-electron chi connectivity index (χ1n) is 6.86. The average Bonchev–Trinajstić information content (AvgIpc) is 2.85. The first-order valence-corrected chi connectivity index (χ1v) is 6.86. The SMILES string of the molecule is CCOCCCC(=O)N(CCN)C1CCCC1. The highest BCUT2D eigenvalue weighted by Crippen LogP contribution is 2.23. The summed E-state index contributed by atoms with van der Waals surface area (Å²) in [5.74, 6) is 0.252. The molecule has 0 heterocycles. The van der Waals surface area contributed by atoms with Gasteiger partial charge in [0.1, 0.15) is 0 Å². The number of nitrogens with zero attached hydrogens (tertiary/aromatic N) is 1. The molecule has 0 aromatic rings. The van der Waals surface area contributed by atoms with Gasteiger partial charge in [-0.25, -0.2) is 0 Å². The van der Waals surface area contributed by atoms with Crippen molar-refractivity contribution in [1.82, 2.24) is 4.90 Å². The minimum atomic E-state index is 0.252. The van der Waals surface area contributed by atoms with Crippen molar-refractivity contribution in [2.45, 2.75) is 51.5 Å². The smallest absolute Gasteiger partial charge is 0.222 e. The van der Waals surface area contributed by atoms with Crippen molar-refractivity contribution >= 4 is 5.91 Å². The third-order valence-corrected chi connectivity index (χ3v) is 3.34. The van der Waals surface area contributed by atoms with Crippen molar-refractivity contribution in [1.29, 1.82) is 0 Å². The molecule has 0 aromatic carbocycles. The maximum Gasteiger partial charge on any atom is 0.222 e. The van der Waals surface area contributed by atoms with Crippen molar-refractivity contribution in [2.75, 3.05) is 26.3 Å². The molecule has 2 N–H and O–H groups in total. The van der Waals surface area contributed by atoms with Gasteiger partial charge in [0.05, 0.1) is 0 Å². The molecule has 0 aliphatic heterocycles. The maximum absolute atomic E-state index is 12.1. The highest BCUT2D eigenvalue weighted by molar-refractivity contribution is 5.76. The molecule has 0 unspecified atom stereocenters. The van der Waals surface area contributed by atoms with Gasteiger partial charge >= 0.3 is 0 Å². The number of rotatable bonds is 8. The summed E-state index contributed by atoms with van der Waals surface area (Å²) >= 11 is 0. The van der Waals surface area contributed by atoms with E-state index in [0.717, 1.165) is 25.9 Å². The normalized spacial score (nSPS) is 16.4. The zero-order chi connectivity index (χ0) is 12.5. The molecular formula is C13H26N2O2. The molecule has 1 aliphatic carbocycles. The fourth-order valence-electron chi connectivity index (χ4n) is 2.48. The van der Waals surface area contributed by atoms with Crippen molar-refractivity contribution in [3.8, 4) is 0 Å². The lowest BCUT2D eigenvalue weighted by molar-refractivity contribution is -0.133. The minimum absolute atomic E-state index is 0.252. The molecule has 1 amide bonds. The van der Waals surface area contributed by atoms with E-state index < -0.39 is 0 Å². The Morgan fingerprint density at radius 1 is 1.41 bits per heavy atom. The summed E-state index contributed by atoms with van der Waals surface area (Å²) in [6.07, 6.45) is 6.21. The summed E-state index contributed by atoms with van der Waals surface area (Å²) in [5, 5.41) is 0. The molecule has 4 heteroatoms. The highest BCUT2D eigenvalue weighted by Gasteiger charge is 2.25. The Morgan fingerprint density at radius 3 is 2.71 bits per heavy atom. The van der Waals surface area contributed by atoms with Gasteiger partial charge in [0, 0.05) is 38.8 Å². The molecular weight excluding hydrogens is 216 g/mol. The lowest BCUT2D eigenvalue weighted by Crippen LogP contribution is -2.41. The van der Waals surface area contributed by atoms with Crippen molar-refractivity contribution in [3.05, 3.63) is 0 Å². The molecule has 100 valence electrons. The lowest BCUT2D eigenvalue weighted by Gasteiger charge is -2.28. The molecule has 4 nitrogen and oxygen atoms in total. The van der Waals surface area contributed by atoms with Crippen molar-refractivity contribution < 1.29 is 9.53 Å². The number of ether oxygens (including phenoxy) is 1. The van der Waals surface area contributed by atoms with Gasteiger partial charge < -0.3 is 15.4 Å². The zero-order valence-electron chi connectivity index (χ0n) is 11.0. The van der Waals surface area contributed by atoms with E-state index in [0.29, 0.717) is 32.2 Å². The molecule has 0 atom stereocenters. The third kappa shape index (κ3) is 5.04. The van der Waals surface area contributed by atoms with Gasteiger partial charge in [0.2, 0.25) is 5.91 Å². The predicted molar refractivity (Wildman–Crippen MR) is 68.8 cm³/mol. The van der Waals surface area contributed by atoms with Gasteiger partial charge in [-0.2, -0.15) is 0 Å².